The van der Waals surface area contributed by atoms with Crippen LogP contribution in [0.2, 0.25) is 5.02 Å². The van der Waals surface area contributed by atoms with Crippen LogP contribution in [0.25, 0.3) is 21.1 Å². The fraction of sp³-hybridized carbons (Fsp3) is 0.238. The van der Waals surface area contributed by atoms with E-state index in [2.05, 4.69) is 4.98 Å². The Kier molecular flexibility index (Phi) is 4.55. The fourth-order valence-corrected chi connectivity index (χ4v) is 4.93. The van der Waals surface area contributed by atoms with Crippen LogP contribution >= 0.6 is 22.9 Å². The van der Waals surface area contributed by atoms with Gasteiger partial charge in [0.2, 0.25) is 0 Å². The summed E-state index contributed by atoms with van der Waals surface area (Å²) in [5, 5.41) is 2.15. The Bertz CT molecular complexity index is 1160. The van der Waals surface area contributed by atoms with Crippen LogP contribution in [0.1, 0.15) is 23.2 Å². The second kappa shape index (κ2) is 7.20. The molecule has 5 nitrogen and oxygen atoms in total. The van der Waals surface area contributed by atoms with E-state index in [1.54, 1.807) is 11.1 Å². The molecule has 1 amide bonds. The summed E-state index contributed by atoms with van der Waals surface area (Å²) in [4.78, 5) is 23.2. The number of aromatic amines is 1. The minimum Gasteiger partial charge on any atom is -0.376 e. The van der Waals surface area contributed by atoms with Crippen molar-refractivity contribution in [3.05, 3.63) is 59.2 Å². The van der Waals surface area contributed by atoms with Gasteiger partial charge in [0.25, 0.3) is 5.91 Å². The molecule has 0 bridgehead atoms. The molecule has 28 heavy (non-hydrogen) atoms. The first-order valence-corrected chi connectivity index (χ1v) is 10.4. The number of para-hydroxylation sites is 2. The zero-order valence-corrected chi connectivity index (χ0v) is 16.6. The van der Waals surface area contributed by atoms with Crippen molar-refractivity contribution in [3.8, 4) is 0 Å². The van der Waals surface area contributed by atoms with Crippen molar-refractivity contribution in [2.45, 2.75) is 18.9 Å². The predicted octanol–water partition coefficient (Wildman–Crippen LogP) is 5.26. The summed E-state index contributed by atoms with van der Waals surface area (Å²) in [6.07, 6.45) is 3.77. The van der Waals surface area contributed by atoms with E-state index in [4.69, 9.17) is 21.3 Å². The van der Waals surface area contributed by atoms with E-state index >= 15 is 0 Å². The zero-order valence-electron chi connectivity index (χ0n) is 15.0. The molecule has 0 saturated carbocycles. The van der Waals surface area contributed by atoms with Crippen LogP contribution < -0.4 is 4.90 Å². The lowest BCUT2D eigenvalue weighted by Crippen LogP contribution is -2.37. The van der Waals surface area contributed by atoms with Crippen molar-refractivity contribution < 1.29 is 9.53 Å². The third-order valence-electron chi connectivity index (χ3n) is 5.06. The van der Waals surface area contributed by atoms with Crippen LogP contribution in [0.15, 0.2) is 48.7 Å². The third kappa shape index (κ3) is 3.07. The van der Waals surface area contributed by atoms with Gasteiger partial charge in [0, 0.05) is 23.7 Å². The molecule has 1 unspecified atom stereocenters. The molecule has 1 fully saturated rings. The minimum atomic E-state index is -0.0804. The lowest BCUT2D eigenvalue weighted by Gasteiger charge is -2.22. The first-order chi connectivity index (χ1) is 13.7. The molecule has 5 rings (SSSR count). The molecule has 3 heterocycles. The second-order valence-electron chi connectivity index (χ2n) is 6.88. The van der Waals surface area contributed by atoms with Crippen molar-refractivity contribution in [3.63, 3.8) is 0 Å². The van der Waals surface area contributed by atoms with E-state index in [0.717, 1.165) is 40.6 Å². The maximum absolute atomic E-state index is 13.6. The number of H-pyrrole nitrogens is 1. The summed E-state index contributed by atoms with van der Waals surface area (Å²) >= 11 is 7.79. The van der Waals surface area contributed by atoms with E-state index in [9.17, 15) is 4.79 Å². The van der Waals surface area contributed by atoms with Crippen LogP contribution in [0.3, 0.4) is 0 Å². The molecule has 1 N–H and O–H groups in total. The number of amides is 1. The summed E-state index contributed by atoms with van der Waals surface area (Å²) in [5.74, 6) is -0.0804. The highest BCUT2D eigenvalue weighted by Crippen LogP contribution is 2.34. The van der Waals surface area contributed by atoms with Gasteiger partial charge in [-0.1, -0.05) is 47.2 Å². The van der Waals surface area contributed by atoms with Gasteiger partial charge < -0.3 is 9.72 Å². The monoisotopic (exact) mass is 411 g/mol. The van der Waals surface area contributed by atoms with Crippen LogP contribution in [0.4, 0.5) is 5.13 Å². The molecule has 1 atom stereocenters. The van der Waals surface area contributed by atoms with Crippen molar-refractivity contribution in [2.75, 3.05) is 18.1 Å². The Hall–Kier alpha value is -2.41. The van der Waals surface area contributed by atoms with Gasteiger partial charge >= 0.3 is 0 Å². The number of benzene rings is 2. The van der Waals surface area contributed by atoms with Crippen LogP contribution in [0, 0.1) is 0 Å². The number of thiazole rings is 1. The average Bonchev–Trinajstić information content (AvgIpc) is 3.44. The predicted molar refractivity (Wildman–Crippen MR) is 114 cm³/mol. The number of carbonyl (C=O) groups is 1. The highest BCUT2D eigenvalue weighted by molar-refractivity contribution is 7.22. The van der Waals surface area contributed by atoms with Crippen LogP contribution in [-0.4, -0.2) is 35.1 Å². The standard InChI is InChI=1S/C21H18ClN3O2S/c22-16-7-3-9-18-19(16)24-21(28-18)25(12-13-5-4-10-27-13)20(26)15-11-23-17-8-2-1-6-14(15)17/h1-3,6-9,11,13,23H,4-5,10,12H2. The van der Waals surface area contributed by atoms with Gasteiger partial charge in [-0.15, -0.1) is 0 Å². The summed E-state index contributed by atoms with van der Waals surface area (Å²) in [6, 6.07) is 13.5. The van der Waals surface area contributed by atoms with Crippen molar-refractivity contribution in [1.29, 1.82) is 0 Å². The molecule has 1 aliphatic heterocycles. The molecule has 0 radical (unpaired) electrons. The average molecular weight is 412 g/mol. The molecule has 7 heteroatoms. The van der Waals surface area contributed by atoms with Gasteiger partial charge in [0.15, 0.2) is 5.13 Å². The van der Waals surface area contributed by atoms with Crippen molar-refractivity contribution in [2.24, 2.45) is 0 Å². The maximum atomic E-state index is 13.6. The minimum absolute atomic E-state index is 0.0247. The molecule has 142 valence electrons. The lowest BCUT2D eigenvalue weighted by molar-refractivity contribution is 0.0919. The van der Waals surface area contributed by atoms with Crippen LogP contribution in [0.5, 0.6) is 0 Å². The topological polar surface area (TPSA) is 58.2 Å². The maximum Gasteiger partial charge on any atom is 0.262 e. The van der Waals surface area contributed by atoms with Gasteiger partial charge in [-0.2, -0.15) is 0 Å². The highest BCUT2D eigenvalue weighted by Gasteiger charge is 2.28. The first-order valence-electron chi connectivity index (χ1n) is 9.25. The molecule has 0 spiro atoms. The number of hydrogen-bond acceptors (Lipinski definition) is 4. The number of halogens is 1. The van der Waals surface area contributed by atoms with Gasteiger partial charge in [-0.05, 0) is 31.0 Å². The third-order valence-corrected chi connectivity index (χ3v) is 6.41. The normalized spacial score (nSPS) is 16.8. The number of nitrogens with one attached hydrogen (secondary N) is 1. The van der Waals surface area contributed by atoms with E-state index < -0.39 is 0 Å². The van der Waals surface area contributed by atoms with Crippen molar-refractivity contribution >= 4 is 55.1 Å². The van der Waals surface area contributed by atoms with E-state index in [1.165, 1.54) is 11.3 Å². The van der Waals surface area contributed by atoms with Crippen molar-refractivity contribution in [1.82, 2.24) is 9.97 Å². The number of anilines is 1. The zero-order chi connectivity index (χ0) is 19.1. The SMILES string of the molecule is O=C(c1c[nH]c2ccccc12)N(CC1CCCO1)c1nc2c(Cl)cccc2s1. The van der Waals surface area contributed by atoms with E-state index in [-0.39, 0.29) is 12.0 Å². The quantitative estimate of drug-likeness (QED) is 0.498. The number of carbonyl (C=O) groups excluding carboxylic acids is 1. The van der Waals surface area contributed by atoms with Gasteiger partial charge in [0.05, 0.1) is 27.9 Å². The lowest BCUT2D eigenvalue weighted by atomic mass is 10.1. The Labute approximate surface area is 170 Å². The summed E-state index contributed by atoms with van der Waals surface area (Å²) in [5.41, 5.74) is 2.31. The summed E-state index contributed by atoms with van der Waals surface area (Å²) in [7, 11) is 0. The molecule has 1 aliphatic rings. The van der Waals surface area contributed by atoms with E-state index in [1.807, 2.05) is 42.5 Å². The van der Waals surface area contributed by atoms with E-state index in [0.29, 0.717) is 22.3 Å². The largest absolute Gasteiger partial charge is 0.376 e. The highest BCUT2D eigenvalue weighted by atomic mass is 35.5. The number of aromatic nitrogens is 2. The molecule has 4 aromatic rings. The Balaban J connectivity index is 1.58. The Morgan fingerprint density at radius 3 is 3.00 bits per heavy atom. The smallest absolute Gasteiger partial charge is 0.262 e. The number of ether oxygens (including phenoxy) is 1. The van der Waals surface area contributed by atoms with Gasteiger partial charge in [-0.3, -0.25) is 9.69 Å². The molecular formula is C21H18ClN3O2S. The summed E-state index contributed by atoms with van der Waals surface area (Å²) < 4.78 is 6.77. The molecular weight excluding hydrogens is 394 g/mol. The number of fused-ring (bicyclic) bond motifs is 2. The molecule has 0 aliphatic carbocycles. The van der Waals surface area contributed by atoms with Gasteiger partial charge in [-0.25, -0.2) is 4.98 Å². The molecule has 2 aromatic heterocycles. The second-order valence-corrected chi connectivity index (χ2v) is 8.30. The van der Waals surface area contributed by atoms with Crippen LogP contribution in [-0.2, 0) is 4.74 Å². The fourth-order valence-electron chi connectivity index (χ4n) is 3.65. The Morgan fingerprint density at radius 1 is 1.29 bits per heavy atom. The first kappa shape index (κ1) is 17.7. The van der Waals surface area contributed by atoms with Gasteiger partial charge in [0.1, 0.15) is 5.52 Å². The number of hydrogen-bond donors (Lipinski definition) is 1. The number of nitrogens with zero attached hydrogens (tertiary/aromatic N) is 2. The Morgan fingerprint density at radius 2 is 2.18 bits per heavy atom. The summed E-state index contributed by atoms with van der Waals surface area (Å²) in [6.45, 7) is 1.22. The molecule has 1 saturated heterocycles. The molecule has 2 aromatic carbocycles. The number of rotatable bonds is 4.